The summed E-state index contributed by atoms with van der Waals surface area (Å²) in [4.78, 5) is 0. The van der Waals surface area contributed by atoms with Crippen LogP contribution in [0.3, 0.4) is 0 Å². The summed E-state index contributed by atoms with van der Waals surface area (Å²) in [7, 11) is 0. The summed E-state index contributed by atoms with van der Waals surface area (Å²) < 4.78 is 38.5. The van der Waals surface area contributed by atoms with E-state index in [0.717, 1.165) is 17.5 Å². The van der Waals surface area contributed by atoms with Crippen molar-refractivity contribution in [2.24, 2.45) is 5.92 Å². The molecule has 3 unspecified atom stereocenters. The Hall–Kier alpha value is -1.07. The average molecular weight is 301 g/mol. The Balaban J connectivity index is 1.97. The van der Waals surface area contributed by atoms with Crippen LogP contribution < -0.4 is 5.32 Å². The molecule has 1 aliphatic carbocycles. The number of alkyl halides is 3. The Kier molecular flexibility index (Phi) is 5.27. The highest BCUT2D eigenvalue weighted by molar-refractivity contribution is 5.25. The van der Waals surface area contributed by atoms with Crippen molar-refractivity contribution in [3.8, 4) is 0 Å². The maximum absolute atomic E-state index is 12.8. The molecular weight excluding hydrogens is 279 g/mol. The van der Waals surface area contributed by atoms with Crippen LogP contribution in [-0.4, -0.2) is 17.3 Å². The van der Waals surface area contributed by atoms with Crippen LogP contribution in [-0.2, 0) is 6.61 Å². The Morgan fingerprint density at radius 2 is 2.10 bits per heavy atom. The first-order valence-electron chi connectivity index (χ1n) is 7.42. The van der Waals surface area contributed by atoms with E-state index in [1.807, 2.05) is 31.2 Å². The summed E-state index contributed by atoms with van der Waals surface area (Å²) in [5.41, 5.74) is 1.81. The van der Waals surface area contributed by atoms with E-state index in [9.17, 15) is 13.2 Å². The summed E-state index contributed by atoms with van der Waals surface area (Å²) in [6, 6.07) is 7.39. The van der Waals surface area contributed by atoms with E-state index in [1.165, 1.54) is 0 Å². The lowest BCUT2D eigenvalue weighted by Gasteiger charge is -2.33. The molecule has 0 bridgehead atoms. The van der Waals surface area contributed by atoms with Gasteiger partial charge in [0.05, 0.1) is 12.5 Å². The van der Waals surface area contributed by atoms with Crippen LogP contribution in [0.15, 0.2) is 24.3 Å². The quantitative estimate of drug-likeness (QED) is 0.882. The molecule has 5 heteroatoms. The van der Waals surface area contributed by atoms with Gasteiger partial charge >= 0.3 is 6.18 Å². The number of hydrogen-bond donors (Lipinski definition) is 2. The van der Waals surface area contributed by atoms with E-state index < -0.39 is 12.1 Å². The zero-order chi connectivity index (χ0) is 15.5. The summed E-state index contributed by atoms with van der Waals surface area (Å²) >= 11 is 0. The monoisotopic (exact) mass is 301 g/mol. The highest BCUT2D eigenvalue weighted by Crippen LogP contribution is 2.38. The van der Waals surface area contributed by atoms with Crippen molar-refractivity contribution < 1.29 is 18.3 Å². The molecule has 2 rings (SSSR count). The molecule has 1 aliphatic rings. The molecule has 3 atom stereocenters. The summed E-state index contributed by atoms with van der Waals surface area (Å²) in [5, 5.41) is 12.5. The third-order valence-electron chi connectivity index (χ3n) is 4.26. The Morgan fingerprint density at radius 3 is 2.76 bits per heavy atom. The smallest absolute Gasteiger partial charge is 0.391 e. The number of aliphatic hydroxyl groups is 1. The Labute approximate surface area is 123 Å². The molecule has 21 heavy (non-hydrogen) atoms. The summed E-state index contributed by atoms with van der Waals surface area (Å²) in [5.74, 6) is -1.18. The fraction of sp³-hybridized carbons (Fsp3) is 0.625. The SMILES string of the molecule is CC(NC1CCCC(C(F)(F)F)C1)c1cccc(CO)c1. The Bertz CT molecular complexity index is 461. The standard InChI is InChI=1S/C16H22F3NO/c1-11(13-5-2-4-12(8-13)10-21)20-15-7-3-6-14(9-15)16(17,18)19/h2,4-5,8,11,14-15,20-21H,3,6-7,9-10H2,1H3. The van der Waals surface area contributed by atoms with Gasteiger partial charge in [-0.3, -0.25) is 0 Å². The molecule has 0 radical (unpaired) electrons. The maximum atomic E-state index is 12.8. The van der Waals surface area contributed by atoms with Crippen molar-refractivity contribution in [2.75, 3.05) is 0 Å². The van der Waals surface area contributed by atoms with Gasteiger partial charge in [0.25, 0.3) is 0 Å². The first-order chi connectivity index (χ1) is 9.90. The molecule has 0 amide bonds. The van der Waals surface area contributed by atoms with Crippen molar-refractivity contribution in [3.05, 3.63) is 35.4 Å². The van der Waals surface area contributed by atoms with Crippen LogP contribution in [0, 0.1) is 5.92 Å². The number of aliphatic hydroxyl groups excluding tert-OH is 1. The third kappa shape index (κ3) is 4.45. The fourth-order valence-corrected chi connectivity index (χ4v) is 3.05. The predicted octanol–water partition coefficient (Wildman–Crippen LogP) is 3.95. The van der Waals surface area contributed by atoms with Crippen LogP contribution in [0.5, 0.6) is 0 Å². The lowest BCUT2D eigenvalue weighted by Crippen LogP contribution is -2.39. The second kappa shape index (κ2) is 6.79. The van der Waals surface area contributed by atoms with Gasteiger partial charge in [-0.25, -0.2) is 0 Å². The molecule has 118 valence electrons. The lowest BCUT2D eigenvalue weighted by molar-refractivity contribution is -0.183. The molecule has 0 saturated heterocycles. The van der Waals surface area contributed by atoms with Crippen molar-refractivity contribution in [2.45, 2.75) is 57.5 Å². The van der Waals surface area contributed by atoms with Gasteiger partial charge in [-0.05, 0) is 37.3 Å². The van der Waals surface area contributed by atoms with Crippen LogP contribution in [0.4, 0.5) is 13.2 Å². The van der Waals surface area contributed by atoms with Gasteiger partial charge in [-0.1, -0.05) is 30.7 Å². The normalized spacial score (nSPS) is 24.8. The van der Waals surface area contributed by atoms with Gasteiger partial charge in [-0.15, -0.1) is 0 Å². The van der Waals surface area contributed by atoms with E-state index >= 15 is 0 Å². The molecule has 0 aliphatic heterocycles. The zero-order valence-corrected chi connectivity index (χ0v) is 12.2. The first kappa shape index (κ1) is 16.3. The zero-order valence-electron chi connectivity index (χ0n) is 12.2. The minimum Gasteiger partial charge on any atom is -0.392 e. The van der Waals surface area contributed by atoms with E-state index in [4.69, 9.17) is 5.11 Å². The van der Waals surface area contributed by atoms with Gasteiger partial charge in [0.1, 0.15) is 0 Å². The van der Waals surface area contributed by atoms with Gasteiger partial charge in [0, 0.05) is 12.1 Å². The maximum Gasteiger partial charge on any atom is 0.391 e. The topological polar surface area (TPSA) is 32.3 Å². The first-order valence-corrected chi connectivity index (χ1v) is 7.42. The van der Waals surface area contributed by atoms with E-state index in [-0.39, 0.29) is 31.5 Å². The van der Waals surface area contributed by atoms with Crippen LogP contribution in [0.2, 0.25) is 0 Å². The largest absolute Gasteiger partial charge is 0.392 e. The van der Waals surface area contributed by atoms with E-state index in [0.29, 0.717) is 6.42 Å². The second-order valence-electron chi connectivity index (χ2n) is 5.89. The Morgan fingerprint density at radius 1 is 1.33 bits per heavy atom. The number of nitrogens with one attached hydrogen (secondary N) is 1. The minimum absolute atomic E-state index is 0.0199. The van der Waals surface area contributed by atoms with Crippen molar-refractivity contribution in [1.82, 2.24) is 5.32 Å². The molecule has 1 aromatic rings. The number of hydrogen-bond acceptors (Lipinski definition) is 2. The number of rotatable bonds is 4. The van der Waals surface area contributed by atoms with Crippen LogP contribution in [0.1, 0.15) is 49.8 Å². The van der Waals surface area contributed by atoms with Gasteiger partial charge in [0.2, 0.25) is 0 Å². The van der Waals surface area contributed by atoms with Gasteiger partial charge < -0.3 is 10.4 Å². The van der Waals surface area contributed by atoms with Gasteiger partial charge in [-0.2, -0.15) is 13.2 Å². The molecule has 1 fully saturated rings. The molecule has 1 saturated carbocycles. The van der Waals surface area contributed by atoms with E-state index in [2.05, 4.69) is 5.32 Å². The number of benzene rings is 1. The van der Waals surface area contributed by atoms with Crippen molar-refractivity contribution >= 4 is 0 Å². The van der Waals surface area contributed by atoms with Crippen LogP contribution in [0.25, 0.3) is 0 Å². The minimum atomic E-state index is -4.08. The van der Waals surface area contributed by atoms with Crippen molar-refractivity contribution in [3.63, 3.8) is 0 Å². The lowest BCUT2D eigenvalue weighted by atomic mass is 9.84. The summed E-state index contributed by atoms with van der Waals surface area (Å²) in [6.07, 6.45) is -2.27. The highest BCUT2D eigenvalue weighted by Gasteiger charge is 2.42. The fourth-order valence-electron chi connectivity index (χ4n) is 3.05. The second-order valence-corrected chi connectivity index (χ2v) is 5.89. The molecule has 0 heterocycles. The van der Waals surface area contributed by atoms with Crippen molar-refractivity contribution in [1.29, 1.82) is 0 Å². The third-order valence-corrected chi connectivity index (χ3v) is 4.26. The van der Waals surface area contributed by atoms with Gasteiger partial charge in [0.15, 0.2) is 0 Å². The average Bonchev–Trinajstić information content (AvgIpc) is 2.46. The molecule has 0 aromatic heterocycles. The predicted molar refractivity (Wildman–Crippen MR) is 75.7 cm³/mol. The van der Waals surface area contributed by atoms with E-state index in [1.54, 1.807) is 0 Å². The molecule has 0 spiro atoms. The molecular formula is C16H22F3NO. The summed E-state index contributed by atoms with van der Waals surface area (Å²) in [6.45, 7) is 1.92. The highest BCUT2D eigenvalue weighted by atomic mass is 19.4. The molecule has 2 N–H and O–H groups in total. The molecule has 2 nitrogen and oxygen atoms in total. The molecule has 1 aromatic carbocycles. The van der Waals surface area contributed by atoms with Crippen LogP contribution >= 0.6 is 0 Å². The number of halogens is 3.